The lowest BCUT2D eigenvalue weighted by atomic mass is 10.0. The Labute approximate surface area is 185 Å². The number of alkyl halides is 9. The van der Waals surface area contributed by atoms with Crippen molar-refractivity contribution in [2.24, 2.45) is 5.18 Å². The highest BCUT2D eigenvalue weighted by Crippen LogP contribution is 2.37. The molecule has 0 saturated heterocycles. The van der Waals surface area contributed by atoms with E-state index in [0.717, 1.165) is 18.2 Å². The van der Waals surface area contributed by atoms with Gasteiger partial charge in [-0.2, -0.15) is 44.4 Å². The summed E-state index contributed by atoms with van der Waals surface area (Å²) in [5.41, 5.74) is -4.75. The number of hydrogen-bond acceptors (Lipinski definition) is 3. The molecule has 2 aromatic carbocycles. The average molecular weight is 506 g/mol. The summed E-state index contributed by atoms with van der Waals surface area (Å²) < 4.78 is 122. The fraction of sp³-hybridized carbons (Fsp3) is 0.300. The summed E-state index contributed by atoms with van der Waals surface area (Å²) in [5.74, 6) is 0. The van der Waals surface area contributed by atoms with E-state index >= 15 is 0 Å². The van der Waals surface area contributed by atoms with Crippen molar-refractivity contribution in [1.29, 1.82) is 0 Å². The zero-order valence-electron chi connectivity index (χ0n) is 16.2. The largest absolute Gasteiger partial charge is 0.416 e. The fourth-order valence-electron chi connectivity index (χ4n) is 2.71. The van der Waals surface area contributed by atoms with Crippen molar-refractivity contribution in [2.45, 2.75) is 24.6 Å². The van der Waals surface area contributed by atoms with Gasteiger partial charge < -0.3 is 4.74 Å². The molecule has 0 amide bonds. The molecule has 0 aliphatic rings. The Bertz CT molecular complexity index is 982. The van der Waals surface area contributed by atoms with Gasteiger partial charge in [0.25, 0.3) is 0 Å². The molecule has 0 N–H and O–H groups in total. The zero-order chi connectivity index (χ0) is 25.0. The van der Waals surface area contributed by atoms with E-state index in [1.165, 1.54) is 0 Å². The third kappa shape index (κ3) is 7.46. The number of hydrogen-bond donors (Lipinski definition) is 0. The van der Waals surface area contributed by atoms with Gasteiger partial charge in [-0.05, 0) is 42.0 Å². The lowest BCUT2D eigenvalue weighted by molar-refractivity contribution is -0.143. The van der Waals surface area contributed by atoms with Crippen LogP contribution >= 0.6 is 11.6 Å². The maximum absolute atomic E-state index is 12.9. The number of nitrogens with zero attached hydrogens (tertiary/aromatic N) is 1. The van der Waals surface area contributed by atoms with Gasteiger partial charge in [0.05, 0.1) is 23.3 Å². The van der Waals surface area contributed by atoms with Crippen molar-refractivity contribution in [2.75, 3.05) is 13.2 Å². The molecule has 13 heteroatoms. The van der Waals surface area contributed by atoms with Gasteiger partial charge in [0, 0.05) is 10.6 Å². The molecule has 0 aliphatic heterocycles. The first-order valence-electron chi connectivity index (χ1n) is 8.86. The molecule has 3 nitrogen and oxygen atoms in total. The van der Waals surface area contributed by atoms with E-state index in [0.29, 0.717) is 24.3 Å². The van der Waals surface area contributed by atoms with Crippen molar-refractivity contribution in [3.8, 4) is 0 Å². The fourth-order valence-corrected chi connectivity index (χ4v) is 2.95. The Balaban J connectivity index is 2.25. The first kappa shape index (κ1) is 26.7. The summed E-state index contributed by atoms with van der Waals surface area (Å²) in [6.45, 7) is -1.12. The normalized spacial score (nSPS) is 14.0. The molecule has 0 bridgehead atoms. The minimum atomic E-state index is -5.03. The molecule has 0 heterocycles. The number of ether oxygens (including phenoxy) is 1. The van der Waals surface area contributed by atoms with Gasteiger partial charge in [-0.25, -0.2) is 0 Å². The van der Waals surface area contributed by atoms with Crippen LogP contribution in [0, 0.1) is 4.91 Å². The summed E-state index contributed by atoms with van der Waals surface area (Å²) in [6, 6.07) is 3.25. The van der Waals surface area contributed by atoms with E-state index in [2.05, 4.69) is 5.18 Å². The zero-order valence-corrected chi connectivity index (χ0v) is 16.9. The van der Waals surface area contributed by atoms with Crippen molar-refractivity contribution in [3.05, 3.63) is 80.2 Å². The van der Waals surface area contributed by atoms with E-state index < -0.39 is 60.0 Å². The second-order valence-corrected chi connectivity index (χ2v) is 7.02. The second kappa shape index (κ2) is 10.1. The molecule has 2 rings (SSSR count). The Kier molecular flexibility index (Phi) is 8.18. The van der Waals surface area contributed by atoms with Gasteiger partial charge in [-0.15, -0.1) is 0 Å². The third-order valence-corrected chi connectivity index (χ3v) is 4.57. The van der Waals surface area contributed by atoms with E-state index in [1.54, 1.807) is 0 Å². The molecule has 1 unspecified atom stereocenters. The van der Waals surface area contributed by atoms with Gasteiger partial charge in [0.15, 0.2) is 0 Å². The maximum atomic E-state index is 12.9. The van der Waals surface area contributed by atoms with Crippen LogP contribution in [0.1, 0.15) is 33.9 Å². The molecular weight excluding hydrogens is 493 g/mol. The lowest BCUT2D eigenvalue weighted by Crippen LogP contribution is -2.12. The van der Waals surface area contributed by atoms with Gasteiger partial charge in [0.2, 0.25) is 0 Å². The van der Waals surface area contributed by atoms with Gasteiger partial charge in [0.1, 0.15) is 12.6 Å². The predicted molar refractivity (Wildman–Crippen MR) is 101 cm³/mol. The highest BCUT2D eigenvalue weighted by molar-refractivity contribution is 6.31. The van der Waals surface area contributed by atoms with Crippen LogP contribution in [0.2, 0.25) is 5.02 Å². The van der Waals surface area contributed by atoms with Crippen LogP contribution in [0.25, 0.3) is 6.08 Å². The van der Waals surface area contributed by atoms with Crippen molar-refractivity contribution in [1.82, 2.24) is 0 Å². The molecule has 2 aromatic rings. The quantitative estimate of drug-likeness (QED) is 0.283. The molecule has 33 heavy (non-hydrogen) atoms. The Morgan fingerprint density at radius 1 is 0.848 bits per heavy atom. The van der Waals surface area contributed by atoms with Gasteiger partial charge >= 0.3 is 18.5 Å². The number of benzene rings is 2. The number of halogens is 10. The van der Waals surface area contributed by atoms with Gasteiger partial charge in [-0.3, -0.25) is 0 Å². The molecule has 180 valence electrons. The summed E-state index contributed by atoms with van der Waals surface area (Å²) in [5, 5.41) is 2.41. The van der Waals surface area contributed by atoms with Crippen LogP contribution in [-0.2, 0) is 23.3 Å². The Hall–Kier alpha value is -2.60. The molecule has 0 saturated carbocycles. The van der Waals surface area contributed by atoms with Crippen LogP contribution in [0.5, 0.6) is 0 Å². The number of nitroso groups, excluding NO2 is 1. The first-order valence-corrected chi connectivity index (χ1v) is 9.24. The van der Waals surface area contributed by atoms with Crippen LogP contribution in [-0.4, -0.2) is 13.2 Å². The molecule has 0 spiro atoms. The molecule has 0 fully saturated rings. The second-order valence-electron chi connectivity index (χ2n) is 6.61. The minimum absolute atomic E-state index is 0.0325. The Morgan fingerprint density at radius 2 is 1.39 bits per heavy atom. The van der Waals surface area contributed by atoms with Crippen molar-refractivity contribution >= 4 is 17.7 Å². The van der Waals surface area contributed by atoms with E-state index in [9.17, 15) is 44.4 Å². The van der Waals surface area contributed by atoms with Crippen LogP contribution < -0.4 is 0 Å². The SMILES string of the molecule is O=NCC(OCC=Cc1cc(C(F)(F)F)cc(C(F)(F)F)c1)c1cc(C(F)(F)F)ccc1Cl. The minimum Gasteiger partial charge on any atom is -0.367 e. The number of rotatable bonds is 7. The van der Waals surface area contributed by atoms with Crippen LogP contribution in [0.15, 0.2) is 47.7 Å². The summed E-state index contributed by atoms with van der Waals surface area (Å²) in [7, 11) is 0. The molecule has 0 aromatic heterocycles. The monoisotopic (exact) mass is 505 g/mol. The Morgan fingerprint density at radius 3 is 1.88 bits per heavy atom. The topological polar surface area (TPSA) is 38.7 Å². The smallest absolute Gasteiger partial charge is 0.367 e. The van der Waals surface area contributed by atoms with E-state index in [1.807, 2.05) is 0 Å². The van der Waals surface area contributed by atoms with Gasteiger partial charge in [-0.1, -0.05) is 28.9 Å². The average Bonchev–Trinajstić information content (AvgIpc) is 2.68. The third-order valence-electron chi connectivity index (χ3n) is 4.22. The first-order chi connectivity index (χ1) is 15.1. The van der Waals surface area contributed by atoms with Crippen molar-refractivity contribution < 1.29 is 44.3 Å². The summed E-state index contributed by atoms with van der Waals surface area (Å²) >= 11 is 5.88. The summed E-state index contributed by atoms with van der Waals surface area (Å²) in [4.78, 5) is 10.7. The predicted octanol–water partition coefficient (Wildman–Crippen LogP) is 7.93. The van der Waals surface area contributed by atoms with Crippen LogP contribution in [0.4, 0.5) is 39.5 Å². The highest BCUT2D eigenvalue weighted by Gasteiger charge is 2.36. The molecule has 0 radical (unpaired) electrons. The summed E-state index contributed by atoms with van der Waals surface area (Å²) in [6.07, 6.45) is -14.2. The standard InChI is InChI=1S/C20H13ClF9NO2/c21-16-4-3-12(18(22,23)24)9-15(16)17(10-31-32)33-5-1-2-11-6-13(19(25,26)27)8-14(7-11)20(28,29)30/h1-4,6-9,17H,5,10H2. The highest BCUT2D eigenvalue weighted by atomic mass is 35.5. The van der Waals surface area contributed by atoms with Crippen LogP contribution in [0.3, 0.4) is 0 Å². The molecular formula is C20H13ClF9NO2. The lowest BCUT2D eigenvalue weighted by Gasteiger charge is -2.18. The van der Waals surface area contributed by atoms with E-state index in [4.69, 9.17) is 16.3 Å². The van der Waals surface area contributed by atoms with Crippen molar-refractivity contribution in [3.63, 3.8) is 0 Å². The molecule has 1 atom stereocenters. The molecule has 0 aliphatic carbocycles. The maximum Gasteiger partial charge on any atom is 0.416 e. The van der Waals surface area contributed by atoms with E-state index in [-0.39, 0.29) is 16.7 Å².